The summed E-state index contributed by atoms with van der Waals surface area (Å²) in [5, 5.41) is 0. The topological polar surface area (TPSA) is 139 Å². The molecule has 1 rings (SSSR count). The van der Waals surface area contributed by atoms with E-state index < -0.39 is 58.3 Å². The Balaban J connectivity index is 1.79. The molecule has 0 bridgehead atoms. The Morgan fingerprint density at radius 1 is 0.479 bits per heavy atom. The van der Waals surface area contributed by atoms with Crippen molar-refractivity contribution in [2.24, 2.45) is 0 Å². The Labute approximate surface area is 282 Å². The predicted octanol–water partition coefficient (Wildman–Crippen LogP) is 3.68. The van der Waals surface area contributed by atoms with Crippen LogP contribution >= 0.6 is 12.0 Å². The van der Waals surface area contributed by atoms with Crippen LogP contribution in [0.4, 0.5) is 17.6 Å². The van der Waals surface area contributed by atoms with Crippen LogP contribution in [-0.4, -0.2) is 143 Å². The summed E-state index contributed by atoms with van der Waals surface area (Å²) in [6.07, 6.45) is 0.558. The van der Waals surface area contributed by atoms with E-state index in [1.807, 2.05) is 0 Å². The van der Waals surface area contributed by atoms with Gasteiger partial charge in [-0.2, -0.15) is 8.78 Å². The lowest BCUT2D eigenvalue weighted by Crippen LogP contribution is -2.16. The zero-order valence-corrected chi connectivity index (χ0v) is 28.1. The average Bonchev–Trinajstić information content (AvgIpc) is 3.08. The van der Waals surface area contributed by atoms with Gasteiger partial charge < -0.3 is 56.7 Å². The van der Waals surface area contributed by atoms with E-state index in [-0.39, 0.29) is 26.4 Å². The Bertz CT molecular complexity index is 924. The van der Waals surface area contributed by atoms with Crippen LogP contribution in [0.15, 0.2) is 4.90 Å². The number of hydrogen-bond donors (Lipinski definition) is 1. The standard InChI is InChI=1S/C30H48F4O13S/c1-2-4-37-6-8-39-10-12-41-14-16-43-18-20-45-22-23-46-21-19-44-17-15-42-13-11-40-9-7-38-5-3-24(35)47-29-25(31)27(33)30(48-36)28(34)26(29)32/h36H,2-23H2,1H3. The molecule has 1 aromatic rings. The summed E-state index contributed by atoms with van der Waals surface area (Å²) in [7, 11) is 0. The fourth-order valence-corrected chi connectivity index (χ4v) is 3.65. The molecule has 0 unspecified atom stereocenters. The van der Waals surface area contributed by atoms with E-state index in [0.29, 0.717) is 99.1 Å². The summed E-state index contributed by atoms with van der Waals surface area (Å²) in [5.41, 5.74) is 0. The van der Waals surface area contributed by atoms with Gasteiger partial charge in [0.25, 0.3) is 0 Å². The lowest BCUT2D eigenvalue weighted by atomic mass is 10.3. The summed E-state index contributed by atoms with van der Waals surface area (Å²) in [5.74, 6) is -10.3. The molecule has 0 heterocycles. The average molecular weight is 725 g/mol. The van der Waals surface area contributed by atoms with Crippen molar-refractivity contribution in [3.63, 3.8) is 0 Å². The third-order valence-electron chi connectivity index (χ3n) is 5.64. The van der Waals surface area contributed by atoms with Gasteiger partial charge in [-0.25, -0.2) is 8.78 Å². The number of esters is 1. The largest absolute Gasteiger partial charge is 0.420 e. The molecule has 0 aliphatic carbocycles. The number of ether oxygens (including phenoxy) is 11. The third kappa shape index (κ3) is 22.1. The van der Waals surface area contributed by atoms with Gasteiger partial charge in [0.05, 0.1) is 132 Å². The number of halogens is 4. The molecule has 0 amide bonds. The van der Waals surface area contributed by atoms with Crippen molar-refractivity contribution in [3.8, 4) is 5.75 Å². The summed E-state index contributed by atoms with van der Waals surface area (Å²) >= 11 is -0.514. The molecule has 0 fully saturated rings. The van der Waals surface area contributed by atoms with Crippen molar-refractivity contribution in [2.45, 2.75) is 24.7 Å². The van der Waals surface area contributed by atoms with E-state index in [9.17, 15) is 22.4 Å². The van der Waals surface area contributed by atoms with Crippen LogP contribution in [0.2, 0.25) is 0 Å². The molecule has 280 valence electrons. The Kier molecular flexibility index (Phi) is 28.9. The molecule has 48 heavy (non-hydrogen) atoms. The highest BCUT2D eigenvalue weighted by molar-refractivity contribution is 7.93. The number of hydrogen-bond acceptors (Lipinski definition) is 14. The van der Waals surface area contributed by atoms with Crippen molar-refractivity contribution >= 4 is 18.0 Å². The van der Waals surface area contributed by atoms with Crippen molar-refractivity contribution in [1.82, 2.24) is 0 Å². The molecule has 13 nitrogen and oxygen atoms in total. The van der Waals surface area contributed by atoms with Gasteiger partial charge in [0.2, 0.25) is 17.4 Å². The highest BCUT2D eigenvalue weighted by Gasteiger charge is 2.28. The molecular formula is C30H48F4O13S. The van der Waals surface area contributed by atoms with Crippen molar-refractivity contribution in [1.29, 1.82) is 0 Å². The molecular weight excluding hydrogens is 676 g/mol. The van der Waals surface area contributed by atoms with Crippen molar-refractivity contribution in [2.75, 3.05) is 132 Å². The van der Waals surface area contributed by atoms with E-state index in [4.69, 9.17) is 51.9 Å². The fourth-order valence-electron chi connectivity index (χ4n) is 3.31. The summed E-state index contributed by atoms with van der Waals surface area (Å²) < 4.78 is 122. The normalized spacial score (nSPS) is 11.5. The Morgan fingerprint density at radius 2 is 0.750 bits per heavy atom. The van der Waals surface area contributed by atoms with Gasteiger partial charge in [0.15, 0.2) is 11.6 Å². The number of rotatable bonds is 34. The molecule has 0 aliphatic rings. The summed E-state index contributed by atoms with van der Waals surface area (Å²) in [4.78, 5) is 10.5. The molecule has 0 atom stereocenters. The minimum Gasteiger partial charge on any atom is -0.420 e. The summed E-state index contributed by atoms with van der Waals surface area (Å²) in [6, 6.07) is 0. The summed E-state index contributed by atoms with van der Waals surface area (Å²) in [6.45, 7) is 10.2. The van der Waals surface area contributed by atoms with Crippen LogP contribution in [0.25, 0.3) is 0 Å². The second kappa shape index (κ2) is 31.3. The van der Waals surface area contributed by atoms with E-state index in [1.165, 1.54) is 0 Å². The molecule has 18 heteroatoms. The molecule has 1 N–H and O–H groups in total. The molecule has 0 aromatic heterocycles. The lowest BCUT2D eigenvalue weighted by molar-refractivity contribution is -0.136. The predicted molar refractivity (Wildman–Crippen MR) is 163 cm³/mol. The highest BCUT2D eigenvalue weighted by Crippen LogP contribution is 2.34. The zero-order chi connectivity index (χ0) is 35.1. The van der Waals surface area contributed by atoms with E-state index in [0.717, 1.165) is 13.0 Å². The molecule has 0 aliphatic heterocycles. The van der Waals surface area contributed by atoms with Crippen LogP contribution in [0.5, 0.6) is 5.75 Å². The lowest BCUT2D eigenvalue weighted by Gasteiger charge is -2.10. The first-order valence-electron chi connectivity index (χ1n) is 15.6. The number of benzene rings is 1. The van der Waals surface area contributed by atoms with Crippen LogP contribution in [0.3, 0.4) is 0 Å². The molecule has 0 saturated heterocycles. The zero-order valence-electron chi connectivity index (χ0n) is 27.3. The molecule has 0 saturated carbocycles. The van der Waals surface area contributed by atoms with Gasteiger partial charge in [0.1, 0.15) is 4.90 Å². The van der Waals surface area contributed by atoms with Crippen LogP contribution in [-0.2, 0) is 52.2 Å². The minimum absolute atomic E-state index is 0.103. The quantitative estimate of drug-likeness (QED) is 0.0276. The number of carbonyl (C=O) groups is 1. The monoisotopic (exact) mass is 724 g/mol. The van der Waals surface area contributed by atoms with Crippen LogP contribution in [0.1, 0.15) is 19.8 Å². The second-order valence-corrected chi connectivity index (χ2v) is 9.94. The molecule has 1 aromatic carbocycles. The van der Waals surface area contributed by atoms with Gasteiger partial charge in [-0.05, 0) is 6.42 Å². The minimum atomic E-state index is -1.94. The van der Waals surface area contributed by atoms with Crippen molar-refractivity contribution < 1.29 is 79.0 Å². The van der Waals surface area contributed by atoms with Gasteiger partial charge in [-0.3, -0.25) is 4.79 Å². The molecule has 0 radical (unpaired) electrons. The first-order chi connectivity index (χ1) is 23.4. The van der Waals surface area contributed by atoms with Gasteiger partial charge in [-0.1, -0.05) is 6.92 Å². The smallest absolute Gasteiger partial charge is 0.313 e. The van der Waals surface area contributed by atoms with Gasteiger partial charge in [0, 0.05) is 18.6 Å². The van der Waals surface area contributed by atoms with Gasteiger partial charge in [-0.15, -0.1) is 0 Å². The fraction of sp³-hybridized carbons (Fsp3) is 0.767. The van der Waals surface area contributed by atoms with E-state index >= 15 is 0 Å². The second-order valence-electron chi connectivity index (χ2n) is 9.35. The maximum absolute atomic E-state index is 13.8. The first kappa shape index (κ1) is 44.3. The maximum Gasteiger partial charge on any atom is 0.313 e. The third-order valence-corrected chi connectivity index (χ3v) is 6.18. The van der Waals surface area contributed by atoms with E-state index in [1.54, 1.807) is 0 Å². The SMILES string of the molecule is CCCOCCOCCOCCOCCOCCOCCOCCOCCOCCOCCC(=O)Oc1c(F)c(F)c(SO)c(F)c1F. The van der Waals surface area contributed by atoms with Crippen LogP contribution < -0.4 is 4.74 Å². The molecule has 0 spiro atoms. The maximum atomic E-state index is 13.8. The van der Waals surface area contributed by atoms with Crippen LogP contribution in [0, 0.1) is 23.3 Å². The Hall–Kier alpha value is -1.68. The first-order valence-corrected chi connectivity index (χ1v) is 16.4. The Morgan fingerprint density at radius 3 is 1.02 bits per heavy atom. The van der Waals surface area contributed by atoms with E-state index in [2.05, 4.69) is 11.7 Å². The highest BCUT2D eigenvalue weighted by atomic mass is 32.2. The van der Waals surface area contributed by atoms with Gasteiger partial charge >= 0.3 is 5.97 Å². The van der Waals surface area contributed by atoms with Crippen molar-refractivity contribution in [3.05, 3.63) is 23.3 Å². The number of carbonyl (C=O) groups excluding carboxylic acids is 1.